The largest absolute Gasteiger partial charge is 0.381 e. The zero-order valence-corrected chi connectivity index (χ0v) is 10.4. The number of hydrogen-bond donors (Lipinski definition) is 1. The molecule has 1 aliphatic heterocycles. The van der Waals surface area contributed by atoms with Crippen LogP contribution in [0, 0.1) is 5.92 Å². The van der Waals surface area contributed by atoms with Gasteiger partial charge in [0, 0.05) is 38.7 Å². The summed E-state index contributed by atoms with van der Waals surface area (Å²) in [6.45, 7) is 1.80. The number of hydrogen-bond acceptors (Lipinski definition) is 3. The molecule has 1 atom stereocenters. The molecule has 94 valence electrons. The van der Waals surface area contributed by atoms with Gasteiger partial charge in [-0.15, -0.1) is 0 Å². The summed E-state index contributed by atoms with van der Waals surface area (Å²) in [6, 6.07) is 1.05. The molecule has 17 heavy (non-hydrogen) atoms. The molecule has 0 unspecified atom stereocenters. The first kappa shape index (κ1) is 11.2. The predicted octanol–water partition coefficient (Wildman–Crippen LogP) is 1.64. The molecule has 0 aromatic carbocycles. The highest BCUT2D eigenvalue weighted by molar-refractivity contribution is 5.05. The lowest BCUT2D eigenvalue weighted by molar-refractivity contribution is 0.0734. The second-order valence-electron chi connectivity index (χ2n) is 5.26. The number of rotatable bonds is 4. The van der Waals surface area contributed by atoms with Gasteiger partial charge in [0.1, 0.15) is 5.82 Å². The van der Waals surface area contributed by atoms with Gasteiger partial charge in [-0.3, -0.25) is 0 Å². The van der Waals surface area contributed by atoms with Crippen LogP contribution in [0.15, 0.2) is 12.4 Å². The van der Waals surface area contributed by atoms with Gasteiger partial charge in [-0.25, -0.2) is 4.98 Å². The lowest BCUT2D eigenvalue weighted by Gasteiger charge is -2.28. The lowest BCUT2D eigenvalue weighted by atomic mass is 10.1. The van der Waals surface area contributed by atoms with Gasteiger partial charge in [0.25, 0.3) is 0 Å². The van der Waals surface area contributed by atoms with Crippen LogP contribution in [0.4, 0.5) is 0 Å². The minimum atomic E-state index is 0.443. The molecule has 0 radical (unpaired) electrons. The first-order valence-corrected chi connectivity index (χ1v) is 6.65. The highest BCUT2D eigenvalue weighted by Gasteiger charge is 2.35. The number of ether oxygens (including phenoxy) is 1. The molecule has 0 spiro atoms. The third kappa shape index (κ3) is 2.53. The molecule has 0 bridgehead atoms. The molecular formula is C13H21N3O. The van der Waals surface area contributed by atoms with Crippen LogP contribution in [0.1, 0.15) is 37.5 Å². The van der Waals surface area contributed by atoms with E-state index in [1.807, 2.05) is 12.4 Å². The Kier molecular flexibility index (Phi) is 3.16. The average Bonchev–Trinajstić information content (AvgIpc) is 3.11. The highest BCUT2D eigenvalue weighted by Crippen LogP contribution is 2.40. The SMILES string of the molecule is Cn1ccnc1[C@H](NC1CCOCC1)C1CC1. The molecule has 1 aliphatic carbocycles. The minimum absolute atomic E-state index is 0.443. The van der Waals surface area contributed by atoms with E-state index in [1.54, 1.807) is 0 Å². The molecule has 2 heterocycles. The zero-order chi connectivity index (χ0) is 11.7. The summed E-state index contributed by atoms with van der Waals surface area (Å²) in [4.78, 5) is 4.51. The Morgan fingerprint density at radius 1 is 1.35 bits per heavy atom. The number of nitrogens with one attached hydrogen (secondary N) is 1. The molecular weight excluding hydrogens is 214 g/mol. The molecule has 1 aromatic heterocycles. The van der Waals surface area contributed by atoms with Crippen molar-refractivity contribution in [1.82, 2.24) is 14.9 Å². The van der Waals surface area contributed by atoms with Crippen LogP contribution in [0.2, 0.25) is 0 Å². The minimum Gasteiger partial charge on any atom is -0.381 e. The second-order valence-corrected chi connectivity index (χ2v) is 5.26. The normalized spacial score (nSPS) is 23.8. The van der Waals surface area contributed by atoms with Crippen molar-refractivity contribution in [3.63, 3.8) is 0 Å². The van der Waals surface area contributed by atoms with E-state index in [4.69, 9.17) is 4.74 Å². The number of aromatic nitrogens is 2. The Labute approximate surface area is 102 Å². The van der Waals surface area contributed by atoms with Crippen molar-refractivity contribution in [3.05, 3.63) is 18.2 Å². The topological polar surface area (TPSA) is 39.1 Å². The third-order valence-corrected chi connectivity index (χ3v) is 3.87. The third-order valence-electron chi connectivity index (χ3n) is 3.87. The van der Waals surface area contributed by atoms with E-state index < -0.39 is 0 Å². The van der Waals surface area contributed by atoms with Crippen LogP contribution in [0.5, 0.6) is 0 Å². The van der Waals surface area contributed by atoms with Crippen molar-refractivity contribution >= 4 is 0 Å². The van der Waals surface area contributed by atoms with Crippen molar-refractivity contribution in [1.29, 1.82) is 0 Å². The summed E-state index contributed by atoms with van der Waals surface area (Å²) < 4.78 is 7.56. The molecule has 1 N–H and O–H groups in total. The smallest absolute Gasteiger partial charge is 0.125 e. The van der Waals surface area contributed by atoms with E-state index >= 15 is 0 Å². The fraction of sp³-hybridized carbons (Fsp3) is 0.769. The molecule has 1 saturated heterocycles. The Morgan fingerprint density at radius 3 is 2.71 bits per heavy atom. The Balaban J connectivity index is 1.69. The quantitative estimate of drug-likeness (QED) is 0.862. The predicted molar refractivity (Wildman–Crippen MR) is 65.6 cm³/mol. The van der Waals surface area contributed by atoms with E-state index in [0.717, 1.165) is 32.0 Å². The lowest BCUT2D eigenvalue weighted by Crippen LogP contribution is -2.39. The van der Waals surface area contributed by atoms with E-state index in [0.29, 0.717) is 12.1 Å². The van der Waals surface area contributed by atoms with Gasteiger partial charge < -0.3 is 14.6 Å². The fourth-order valence-electron chi connectivity index (χ4n) is 2.65. The van der Waals surface area contributed by atoms with Crippen molar-refractivity contribution in [2.24, 2.45) is 13.0 Å². The summed E-state index contributed by atoms with van der Waals surface area (Å²) in [7, 11) is 2.09. The molecule has 4 heteroatoms. The highest BCUT2D eigenvalue weighted by atomic mass is 16.5. The van der Waals surface area contributed by atoms with E-state index in [9.17, 15) is 0 Å². The first-order valence-electron chi connectivity index (χ1n) is 6.65. The number of nitrogens with zero attached hydrogens (tertiary/aromatic N) is 2. The van der Waals surface area contributed by atoms with Crippen LogP contribution in [-0.4, -0.2) is 28.8 Å². The molecule has 1 saturated carbocycles. The van der Waals surface area contributed by atoms with Gasteiger partial charge in [-0.05, 0) is 31.6 Å². The van der Waals surface area contributed by atoms with Crippen molar-refractivity contribution in [2.45, 2.75) is 37.8 Å². The van der Waals surface area contributed by atoms with Gasteiger partial charge in [0.15, 0.2) is 0 Å². The summed E-state index contributed by atoms with van der Waals surface area (Å²) in [6.07, 6.45) is 8.88. The van der Waals surface area contributed by atoms with Gasteiger partial charge in [-0.2, -0.15) is 0 Å². The van der Waals surface area contributed by atoms with Gasteiger partial charge in [0.05, 0.1) is 6.04 Å². The van der Waals surface area contributed by atoms with Crippen LogP contribution in [0.3, 0.4) is 0 Å². The average molecular weight is 235 g/mol. The van der Waals surface area contributed by atoms with E-state index in [1.165, 1.54) is 18.7 Å². The molecule has 1 aromatic rings. The van der Waals surface area contributed by atoms with Crippen LogP contribution < -0.4 is 5.32 Å². The molecule has 2 aliphatic rings. The van der Waals surface area contributed by atoms with Crippen molar-refractivity contribution in [3.8, 4) is 0 Å². The Morgan fingerprint density at radius 2 is 2.12 bits per heavy atom. The number of aryl methyl sites for hydroxylation is 1. The molecule has 2 fully saturated rings. The maximum atomic E-state index is 5.41. The zero-order valence-electron chi connectivity index (χ0n) is 10.4. The number of imidazole rings is 1. The van der Waals surface area contributed by atoms with Crippen molar-refractivity contribution in [2.75, 3.05) is 13.2 Å². The second kappa shape index (κ2) is 4.78. The maximum Gasteiger partial charge on any atom is 0.125 e. The van der Waals surface area contributed by atoms with Crippen LogP contribution >= 0.6 is 0 Å². The summed E-state index contributed by atoms with van der Waals surface area (Å²) >= 11 is 0. The van der Waals surface area contributed by atoms with Crippen LogP contribution in [-0.2, 0) is 11.8 Å². The standard InChI is InChI=1S/C13H21N3O/c1-16-7-6-14-13(16)12(10-2-3-10)15-11-4-8-17-9-5-11/h6-7,10-12,15H,2-5,8-9H2,1H3/t12-/m1/s1. The van der Waals surface area contributed by atoms with Gasteiger partial charge in [0.2, 0.25) is 0 Å². The molecule has 0 amide bonds. The van der Waals surface area contributed by atoms with Gasteiger partial charge in [-0.1, -0.05) is 0 Å². The van der Waals surface area contributed by atoms with Crippen molar-refractivity contribution < 1.29 is 4.74 Å². The first-order chi connectivity index (χ1) is 8.34. The molecule has 3 rings (SSSR count). The van der Waals surface area contributed by atoms with Gasteiger partial charge >= 0.3 is 0 Å². The van der Waals surface area contributed by atoms with Crippen LogP contribution in [0.25, 0.3) is 0 Å². The Hall–Kier alpha value is -0.870. The summed E-state index contributed by atoms with van der Waals surface area (Å²) in [5.41, 5.74) is 0. The molecule has 4 nitrogen and oxygen atoms in total. The Bertz CT molecular complexity index is 366. The summed E-state index contributed by atoms with van der Waals surface area (Å²) in [5.74, 6) is 1.98. The maximum absolute atomic E-state index is 5.41. The summed E-state index contributed by atoms with van der Waals surface area (Å²) in [5, 5.41) is 3.80. The fourth-order valence-corrected chi connectivity index (χ4v) is 2.65. The monoisotopic (exact) mass is 235 g/mol. The van der Waals surface area contributed by atoms with E-state index in [-0.39, 0.29) is 0 Å². The van der Waals surface area contributed by atoms with E-state index in [2.05, 4.69) is 21.9 Å².